The van der Waals surface area contributed by atoms with Gasteiger partial charge < -0.3 is 24.4 Å². The van der Waals surface area contributed by atoms with Crippen molar-refractivity contribution in [3.8, 4) is 11.5 Å². The van der Waals surface area contributed by atoms with Gasteiger partial charge >= 0.3 is 4.27 Å². The summed E-state index contributed by atoms with van der Waals surface area (Å²) in [6.45, 7) is -0.0469. The first kappa shape index (κ1) is 20.1. The fraction of sp³-hybridized carbons (Fsp3) is 0.333. The van der Waals surface area contributed by atoms with Gasteiger partial charge in [0.15, 0.2) is 0 Å². The van der Waals surface area contributed by atoms with Crippen LogP contribution in [0.4, 0.5) is 0 Å². The molecule has 156 valence electrons. The summed E-state index contributed by atoms with van der Waals surface area (Å²) in [5.74, 6) is -0.350. The number of benzene rings is 2. The van der Waals surface area contributed by atoms with Crippen molar-refractivity contribution >= 4 is 19.7 Å². The van der Waals surface area contributed by atoms with Crippen LogP contribution in [0.2, 0.25) is 0 Å². The molecule has 11 heteroatoms. The topological polar surface area (TPSA) is 143 Å². The van der Waals surface area contributed by atoms with Crippen LogP contribution in [0.1, 0.15) is 0 Å². The molecule has 0 amide bonds. The molecule has 2 atom stereocenters. The summed E-state index contributed by atoms with van der Waals surface area (Å²) in [4.78, 5) is -0.685. The third-order valence-corrected chi connectivity index (χ3v) is 10.0. The second-order valence-electron chi connectivity index (χ2n) is 6.69. The summed E-state index contributed by atoms with van der Waals surface area (Å²) in [6, 6.07) is 8.97. The Kier molecular flexibility index (Phi) is 4.82. The summed E-state index contributed by atoms with van der Waals surface area (Å²) in [7, 11) is -9.33. The van der Waals surface area contributed by atoms with Crippen molar-refractivity contribution in [2.45, 2.75) is 26.3 Å². The highest BCUT2D eigenvalue weighted by molar-refractivity contribution is 8.10. The van der Waals surface area contributed by atoms with Crippen molar-refractivity contribution in [1.29, 1.82) is 0 Å². The summed E-state index contributed by atoms with van der Waals surface area (Å²) < 4.78 is 67.5. The Labute approximate surface area is 167 Å². The molecule has 0 radical (unpaired) electrons. The molecule has 2 aromatic carbocycles. The van der Waals surface area contributed by atoms with Crippen molar-refractivity contribution in [2.75, 3.05) is 19.8 Å². The zero-order valence-corrected chi connectivity index (χ0v) is 16.6. The quantitative estimate of drug-likeness (QED) is 0.568. The molecular weight excluding hydrogens is 424 g/mol. The minimum absolute atomic E-state index is 0.125. The smallest absolute Gasteiger partial charge is 0.308 e. The largest absolute Gasteiger partial charge is 0.508 e. The molecule has 2 aliphatic heterocycles. The first-order valence-electron chi connectivity index (χ1n) is 8.63. The first-order chi connectivity index (χ1) is 13.7. The van der Waals surface area contributed by atoms with Crippen LogP contribution >= 0.6 is 0 Å². The molecule has 2 N–H and O–H groups in total. The lowest BCUT2D eigenvalue weighted by Gasteiger charge is -2.31. The van der Waals surface area contributed by atoms with E-state index < -0.39 is 36.1 Å². The van der Waals surface area contributed by atoms with Crippen LogP contribution in [0.25, 0.3) is 0 Å². The zero-order chi connectivity index (χ0) is 20.9. The highest BCUT2D eigenvalue weighted by Crippen LogP contribution is 2.45. The van der Waals surface area contributed by atoms with Crippen molar-refractivity contribution in [2.24, 2.45) is 0 Å². The Hall–Kier alpha value is -2.18. The summed E-state index contributed by atoms with van der Waals surface area (Å²) in [6.07, 6.45) is -1.66. The Morgan fingerprint density at radius 1 is 0.828 bits per heavy atom. The molecule has 2 fully saturated rings. The van der Waals surface area contributed by atoms with Gasteiger partial charge in [-0.3, -0.25) is 0 Å². The van der Waals surface area contributed by atoms with Crippen LogP contribution in [0.5, 0.6) is 11.5 Å². The molecule has 2 aliphatic rings. The van der Waals surface area contributed by atoms with Gasteiger partial charge in [0.1, 0.15) is 23.7 Å². The standard InChI is InChI=1S/C18H18O9S2/c19-12-1-5-15(6-2-12)28(21,22)18(17-11-26-17,27-10-14-9-25-14)29(23,24)16-7-3-13(20)4-8-16/h1-8,14,17,19-20H,9-11H2. The minimum atomic E-state index is -4.66. The van der Waals surface area contributed by atoms with Crippen LogP contribution < -0.4 is 0 Å². The zero-order valence-electron chi connectivity index (χ0n) is 15.0. The van der Waals surface area contributed by atoms with Crippen molar-refractivity contribution in [1.82, 2.24) is 0 Å². The van der Waals surface area contributed by atoms with Gasteiger partial charge in [0.05, 0.1) is 29.6 Å². The highest BCUT2D eigenvalue weighted by Gasteiger charge is 2.68. The number of phenolic OH excluding ortho intramolecular Hbond substituents is 2. The van der Waals surface area contributed by atoms with E-state index in [0.29, 0.717) is 6.61 Å². The molecule has 2 heterocycles. The van der Waals surface area contributed by atoms with E-state index in [-0.39, 0.29) is 34.5 Å². The van der Waals surface area contributed by atoms with E-state index in [1.807, 2.05) is 0 Å². The maximum atomic E-state index is 13.6. The maximum absolute atomic E-state index is 13.6. The Balaban J connectivity index is 1.91. The van der Waals surface area contributed by atoms with E-state index in [9.17, 15) is 27.0 Å². The molecule has 2 aromatic rings. The Morgan fingerprint density at radius 3 is 1.59 bits per heavy atom. The third-order valence-electron chi connectivity index (χ3n) is 4.64. The van der Waals surface area contributed by atoms with Gasteiger partial charge in [-0.1, -0.05) is 0 Å². The second kappa shape index (κ2) is 6.96. The number of aromatic hydroxyl groups is 2. The van der Waals surface area contributed by atoms with Gasteiger partial charge in [-0.25, -0.2) is 16.8 Å². The van der Waals surface area contributed by atoms with E-state index in [0.717, 1.165) is 48.5 Å². The first-order valence-corrected chi connectivity index (χ1v) is 11.6. The lowest BCUT2D eigenvalue weighted by atomic mass is 10.3. The average molecular weight is 442 g/mol. The molecule has 2 unspecified atom stereocenters. The lowest BCUT2D eigenvalue weighted by molar-refractivity contribution is 0.0437. The number of sulfone groups is 2. The SMILES string of the molecule is O=S(=O)(c1ccc(O)cc1)C(OCC1CO1)(C1CO1)S(=O)(=O)c1ccc(O)cc1. The van der Waals surface area contributed by atoms with E-state index >= 15 is 0 Å². The van der Waals surface area contributed by atoms with Crippen LogP contribution in [0.15, 0.2) is 58.3 Å². The number of rotatable bonds is 8. The third kappa shape index (κ3) is 3.38. The maximum Gasteiger partial charge on any atom is 0.308 e. The number of epoxide rings is 2. The molecule has 0 aliphatic carbocycles. The normalized spacial score (nSPS) is 21.7. The molecule has 0 bridgehead atoms. The molecule has 29 heavy (non-hydrogen) atoms. The van der Waals surface area contributed by atoms with Crippen LogP contribution in [0.3, 0.4) is 0 Å². The van der Waals surface area contributed by atoms with Gasteiger partial charge in [0, 0.05) is 0 Å². The molecule has 0 spiro atoms. The van der Waals surface area contributed by atoms with E-state index in [1.165, 1.54) is 0 Å². The molecule has 0 aromatic heterocycles. The molecule has 0 saturated carbocycles. The lowest BCUT2D eigenvalue weighted by Crippen LogP contribution is -2.54. The van der Waals surface area contributed by atoms with Gasteiger partial charge in [-0.2, -0.15) is 0 Å². The molecule has 4 rings (SSSR count). The fourth-order valence-electron chi connectivity index (χ4n) is 2.94. The van der Waals surface area contributed by atoms with E-state index in [2.05, 4.69) is 0 Å². The van der Waals surface area contributed by atoms with Crippen LogP contribution in [-0.4, -0.2) is 63.3 Å². The summed E-state index contributed by atoms with van der Waals surface area (Å²) in [5.41, 5.74) is 0. The predicted molar refractivity (Wildman–Crippen MR) is 98.7 cm³/mol. The van der Waals surface area contributed by atoms with E-state index in [4.69, 9.17) is 14.2 Å². The monoisotopic (exact) mass is 442 g/mol. The van der Waals surface area contributed by atoms with Gasteiger partial charge in [-0.15, -0.1) is 0 Å². The highest BCUT2D eigenvalue weighted by atomic mass is 32.3. The van der Waals surface area contributed by atoms with Crippen molar-refractivity contribution in [3.63, 3.8) is 0 Å². The minimum Gasteiger partial charge on any atom is -0.508 e. The van der Waals surface area contributed by atoms with Crippen LogP contribution in [0, 0.1) is 0 Å². The molecular formula is C18H18O9S2. The Bertz CT molecular complexity index is 1020. The number of hydrogen-bond acceptors (Lipinski definition) is 9. The number of phenols is 2. The molecule has 2 saturated heterocycles. The van der Waals surface area contributed by atoms with Gasteiger partial charge in [0.25, 0.3) is 0 Å². The molecule has 9 nitrogen and oxygen atoms in total. The van der Waals surface area contributed by atoms with Crippen molar-refractivity contribution in [3.05, 3.63) is 48.5 Å². The summed E-state index contributed by atoms with van der Waals surface area (Å²) >= 11 is 0. The number of hydrogen-bond donors (Lipinski definition) is 2. The van der Waals surface area contributed by atoms with Gasteiger partial charge in [0.2, 0.25) is 19.7 Å². The van der Waals surface area contributed by atoms with Gasteiger partial charge in [-0.05, 0) is 48.5 Å². The summed E-state index contributed by atoms with van der Waals surface area (Å²) in [5, 5.41) is 19.0. The predicted octanol–water partition coefficient (Wildman–Crippen LogP) is 0.813. The van der Waals surface area contributed by atoms with Crippen molar-refractivity contribution < 1.29 is 41.3 Å². The van der Waals surface area contributed by atoms with Crippen LogP contribution in [-0.2, 0) is 33.9 Å². The Morgan fingerprint density at radius 2 is 1.24 bits per heavy atom. The second-order valence-corrected chi connectivity index (χ2v) is 11.1. The average Bonchev–Trinajstić information content (AvgIpc) is 3.57. The number of ether oxygens (including phenoxy) is 3. The van der Waals surface area contributed by atoms with E-state index in [1.54, 1.807) is 0 Å². The fourth-order valence-corrected chi connectivity index (χ4v) is 7.73.